The molecule has 0 aliphatic carbocycles. The van der Waals surface area contributed by atoms with Gasteiger partial charge in [0.1, 0.15) is 5.76 Å². The normalized spacial score (nSPS) is 27.0. The Morgan fingerprint density at radius 2 is 2.50 bits per heavy atom. The maximum absolute atomic E-state index is 5.46. The maximum atomic E-state index is 5.46. The molecule has 0 amide bonds. The summed E-state index contributed by atoms with van der Waals surface area (Å²) in [6.07, 6.45) is 3.17. The van der Waals surface area contributed by atoms with Crippen molar-refractivity contribution >= 4 is 0 Å². The summed E-state index contributed by atoms with van der Waals surface area (Å²) < 4.78 is 10.4. The third-order valence-corrected chi connectivity index (χ3v) is 2.78. The Labute approximate surface area is 83.6 Å². The molecule has 2 atom stereocenters. The monoisotopic (exact) mass is 196 g/mol. The Kier molecular flexibility index (Phi) is 2.84. The van der Waals surface area contributed by atoms with Crippen molar-refractivity contribution in [3.63, 3.8) is 0 Å². The van der Waals surface area contributed by atoms with Crippen molar-refractivity contribution in [1.29, 1.82) is 0 Å². The molecule has 1 aliphatic heterocycles. The highest BCUT2D eigenvalue weighted by Crippen LogP contribution is 2.14. The Hall–Kier alpha value is -0.870. The van der Waals surface area contributed by atoms with Crippen molar-refractivity contribution in [1.82, 2.24) is 10.5 Å². The van der Waals surface area contributed by atoms with E-state index in [0.29, 0.717) is 12.1 Å². The lowest BCUT2D eigenvalue weighted by molar-refractivity contribution is 0.113. The second-order valence-electron chi connectivity index (χ2n) is 3.76. The van der Waals surface area contributed by atoms with Gasteiger partial charge in [-0.3, -0.25) is 0 Å². The van der Waals surface area contributed by atoms with Gasteiger partial charge in [0.15, 0.2) is 0 Å². The zero-order valence-electron chi connectivity index (χ0n) is 8.62. The van der Waals surface area contributed by atoms with Crippen LogP contribution >= 0.6 is 0 Å². The predicted molar refractivity (Wildman–Crippen MR) is 51.9 cm³/mol. The largest absolute Gasteiger partial charge is 0.377 e. The molecule has 0 bridgehead atoms. The van der Waals surface area contributed by atoms with Gasteiger partial charge in [0.05, 0.1) is 12.3 Å². The summed E-state index contributed by atoms with van der Waals surface area (Å²) in [7, 11) is 0. The molecule has 0 saturated carbocycles. The minimum Gasteiger partial charge on any atom is -0.377 e. The standard InChI is InChI=1S/C10H16N2O2/c1-7-9(6-12-14-7)5-11-10-3-4-13-8(10)2/h6,8,10-11H,3-5H2,1-2H3/t8-,10-/m1/s1. The molecule has 0 aromatic carbocycles. The molecule has 78 valence electrons. The molecule has 1 N–H and O–H groups in total. The fourth-order valence-corrected chi connectivity index (χ4v) is 1.73. The van der Waals surface area contributed by atoms with Crippen LogP contribution in [0.5, 0.6) is 0 Å². The summed E-state index contributed by atoms with van der Waals surface area (Å²) in [6.45, 7) is 5.71. The molecular formula is C10H16N2O2. The van der Waals surface area contributed by atoms with E-state index in [1.165, 1.54) is 0 Å². The van der Waals surface area contributed by atoms with E-state index in [1.807, 2.05) is 6.92 Å². The first-order valence-electron chi connectivity index (χ1n) is 5.02. The van der Waals surface area contributed by atoms with Crippen LogP contribution in [0.2, 0.25) is 0 Å². The first-order valence-corrected chi connectivity index (χ1v) is 5.02. The summed E-state index contributed by atoms with van der Waals surface area (Å²) in [5.41, 5.74) is 1.13. The van der Waals surface area contributed by atoms with Crippen LogP contribution < -0.4 is 5.32 Å². The maximum Gasteiger partial charge on any atom is 0.138 e. The van der Waals surface area contributed by atoms with Crippen LogP contribution in [-0.4, -0.2) is 23.9 Å². The van der Waals surface area contributed by atoms with Crippen LogP contribution in [0.25, 0.3) is 0 Å². The second kappa shape index (κ2) is 4.11. The predicted octanol–water partition coefficient (Wildman–Crippen LogP) is 1.25. The van der Waals surface area contributed by atoms with E-state index in [0.717, 1.165) is 30.9 Å². The lowest BCUT2D eigenvalue weighted by Gasteiger charge is -2.15. The molecule has 4 heteroatoms. The van der Waals surface area contributed by atoms with E-state index in [9.17, 15) is 0 Å². The van der Waals surface area contributed by atoms with Gasteiger partial charge in [0.2, 0.25) is 0 Å². The lowest BCUT2D eigenvalue weighted by Crippen LogP contribution is -2.34. The van der Waals surface area contributed by atoms with Crippen LogP contribution in [-0.2, 0) is 11.3 Å². The summed E-state index contributed by atoms with van der Waals surface area (Å²) >= 11 is 0. The average Bonchev–Trinajstić information content (AvgIpc) is 2.72. The van der Waals surface area contributed by atoms with E-state index < -0.39 is 0 Å². The molecule has 1 aromatic heterocycles. The number of ether oxygens (including phenoxy) is 1. The summed E-state index contributed by atoms with van der Waals surface area (Å²) in [5.74, 6) is 0.893. The Balaban J connectivity index is 1.85. The quantitative estimate of drug-likeness (QED) is 0.790. The van der Waals surface area contributed by atoms with Gasteiger partial charge in [-0.2, -0.15) is 0 Å². The van der Waals surface area contributed by atoms with E-state index in [1.54, 1.807) is 6.20 Å². The van der Waals surface area contributed by atoms with Gasteiger partial charge in [-0.15, -0.1) is 0 Å². The van der Waals surface area contributed by atoms with Crippen LogP contribution in [0.1, 0.15) is 24.7 Å². The lowest BCUT2D eigenvalue weighted by atomic mass is 10.1. The highest BCUT2D eigenvalue weighted by atomic mass is 16.5. The van der Waals surface area contributed by atoms with Gasteiger partial charge in [0.25, 0.3) is 0 Å². The van der Waals surface area contributed by atoms with E-state index in [4.69, 9.17) is 9.26 Å². The first-order chi connectivity index (χ1) is 6.77. The minimum atomic E-state index is 0.315. The van der Waals surface area contributed by atoms with Crippen LogP contribution in [0.3, 0.4) is 0 Å². The highest BCUT2D eigenvalue weighted by Gasteiger charge is 2.23. The van der Waals surface area contributed by atoms with Crippen molar-refractivity contribution in [2.24, 2.45) is 0 Å². The van der Waals surface area contributed by atoms with Crippen molar-refractivity contribution in [3.05, 3.63) is 17.5 Å². The first kappa shape index (κ1) is 9.68. The van der Waals surface area contributed by atoms with Gasteiger partial charge in [-0.25, -0.2) is 0 Å². The van der Waals surface area contributed by atoms with Gasteiger partial charge in [-0.05, 0) is 20.3 Å². The molecule has 4 nitrogen and oxygen atoms in total. The number of hydrogen-bond acceptors (Lipinski definition) is 4. The summed E-state index contributed by atoms with van der Waals surface area (Å²) in [6, 6.07) is 0.462. The van der Waals surface area contributed by atoms with Gasteiger partial charge in [0, 0.05) is 24.8 Å². The number of rotatable bonds is 3. The molecule has 1 fully saturated rings. The van der Waals surface area contributed by atoms with Gasteiger partial charge in [-0.1, -0.05) is 5.16 Å². The van der Waals surface area contributed by atoms with Crippen LogP contribution in [0, 0.1) is 6.92 Å². The molecule has 1 saturated heterocycles. The third-order valence-electron chi connectivity index (χ3n) is 2.78. The fourth-order valence-electron chi connectivity index (χ4n) is 1.73. The smallest absolute Gasteiger partial charge is 0.138 e. The number of nitrogens with zero attached hydrogens (tertiary/aromatic N) is 1. The SMILES string of the molecule is Cc1oncc1CN[C@@H]1CCO[C@@H]1C. The number of nitrogens with one attached hydrogen (secondary N) is 1. The molecule has 1 aromatic rings. The number of aromatic nitrogens is 1. The van der Waals surface area contributed by atoms with E-state index in [-0.39, 0.29) is 0 Å². The zero-order chi connectivity index (χ0) is 9.97. The molecule has 0 unspecified atom stereocenters. The third kappa shape index (κ3) is 1.96. The van der Waals surface area contributed by atoms with E-state index in [2.05, 4.69) is 17.4 Å². The average molecular weight is 196 g/mol. The van der Waals surface area contributed by atoms with Crippen LogP contribution in [0.4, 0.5) is 0 Å². The molecule has 1 aliphatic rings. The van der Waals surface area contributed by atoms with Crippen LogP contribution in [0.15, 0.2) is 10.7 Å². The molecule has 0 spiro atoms. The number of hydrogen-bond donors (Lipinski definition) is 1. The van der Waals surface area contributed by atoms with Gasteiger partial charge < -0.3 is 14.6 Å². The zero-order valence-corrected chi connectivity index (χ0v) is 8.62. The van der Waals surface area contributed by atoms with Gasteiger partial charge >= 0.3 is 0 Å². The molecule has 2 rings (SSSR count). The van der Waals surface area contributed by atoms with Crippen molar-refractivity contribution in [3.8, 4) is 0 Å². The van der Waals surface area contributed by atoms with E-state index >= 15 is 0 Å². The van der Waals surface area contributed by atoms with Crippen molar-refractivity contribution < 1.29 is 9.26 Å². The van der Waals surface area contributed by atoms with Crippen molar-refractivity contribution in [2.75, 3.05) is 6.61 Å². The topological polar surface area (TPSA) is 47.3 Å². The second-order valence-corrected chi connectivity index (χ2v) is 3.76. The molecule has 0 radical (unpaired) electrons. The molecular weight excluding hydrogens is 180 g/mol. The molecule has 14 heavy (non-hydrogen) atoms. The fraction of sp³-hybridized carbons (Fsp3) is 0.700. The Morgan fingerprint density at radius 3 is 3.07 bits per heavy atom. The summed E-state index contributed by atoms with van der Waals surface area (Å²) in [4.78, 5) is 0. The summed E-state index contributed by atoms with van der Waals surface area (Å²) in [5, 5.41) is 7.19. The molecule has 2 heterocycles. The minimum absolute atomic E-state index is 0.315. The van der Waals surface area contributed by atoms with Crippen molar-refractivity contribution in [2.45, 2.75) is 39.0 Å². The highest BCUT2D eigenvalue weighted by molar-refractivity contribution is 5.11. The Bertz CT molecular complexity index is 298. The Morgan fingerprint density at radius 1 is 1.64 bits per heavy atom. The number of aryl methyl sites for hydroxylation is 1.